The normalized spacial score (nSPS) is 8.62. The van der Waals surface area contributed by atoms with Gasteiger partial charge in [0, 0.05) is 11.9 Å². The van der Waals surface area contributed by atoms with Crippen molar-refractivity contribution in [3.63, 3.8) is 0 Å². The zero-order valence-electron chi connectivity index (χ0n) is 8.92. The number of hydrogen-bond acceptors (Lipinski definition) is 2. The zero-order valence-corrected chi connectivity index (χ0v) is 9.74. The van der Waals surface area contributed by atoms with E-state index in [-0.39, 0.29) is 0 Å². The van der Waals surface area contributed by atoms with Crippen LogP contribution in [0.5, 0.6) is 0 Å². The van der Waals surface area contributed by atoms with Crippen LogP contribution in [0.4, 0.5) is 5.69 Å². The Bertz CT molecular complexity index is 206. The van der Waals surface area contributed by atoms with E-state index < -0.39 is 0 Å². The van der Waals surface area contributed by atoms with Crippen LogP contribution in [-0.2, 0) is 6.42 Å². The Kier molecular flexibility index (Phi) is 7.60. The van der Waals surface area contributed by atoms with Crippen LogP contribution in [0.1, 0.15) is 26.3 Å². The predicted molar refractivity (Wildman–Crippen MR) is 64.3 cm³/mol. The molecule has 0 fully saturated rings. The van der Waals surface area contributed by atoms with Gasteiger partial charge in [-0.25, -0.2) is 0 Å². The summed E-state index contributed by atoms with van der Waals surface area (Å²) >= 11 is 1.62. The molecule has 2 heteroatoms. The van der Waals surface area contributed by atoms with Gasteiger partial charge in [0.25, 0.3) is 0 Å². The Morgan fingerprint density at radius 2 is 1.69 bits per heavy atom. The average molecular weight is 197 g/mol. The maximum atomic E-state index is 3.18. The molecule has 74 valence electrons. The van der Waals surface area contributed by atoms with Gasteiger partial charge in [0.2, 0.25) is 0 Å². The first-order chi connectivity index (χ1) is 6.36. The second-order valence-electron chi connectivity index (χ2n) is 2.36. The Hall–Kier alpha value is -0.630. The topological polar surface area (TPSA) is 12.0 Å². The van der Waals surface area contributed by atoms with Crippen LogP contribution < -0.4 is 4.72 Å². The van der Waals surface area contributed by atoms with Crippen molar-refractivity contribution < 1.29 is 0 Å². The summed E-state index contributed by atoms with van der Waals surface area (Å²) in [6, 6.07) is 8.52. The fourth-order valence-electron chi connectivity index (χ4n) is 0.926. The minimum absolute atomic E-state index is 1.11. The van der Waals surface area contributed by atoms with Crippen molar-refractivity contribution in [1.82, 2.24) is 0 Å². The highest BCUT2D eigenvalue weighted by molar-refractivity contribution is 7.99. The van der Waals surface area contributed by atoms with Gasteiger partial charge >= 0.3 is 0 Å². The molecule has 0 saturated heterocycles. The van der Waals surface area contributed by atoms with E-state index in [9.17, 15) is 0 Å². The zero-order chi connectivity index (χ0) is 10.1. The van der Waals surface area contributed by atoms with Gasteiger partial charge in [-0.3, -0.25) is 0 Å². The second kappa shape index (κ2) is 7.99. The minimum atomic E-state index is 1.11. The van der Waals surface area contributed by atoms with Gasteiger partial charge in [-0.2, -0.15) is 0 Å². The van der Waals surface area contributed by atoms with Gasteiger partial charge < -0.3 is 4.72 Å². The third kappa shape index (κ3) is 4.83. The molecule has 1 nitrogen and oxygen atoms in total. The molecule has 0 radical (unpaired) electrons. The third-order valence-electron chi connectivity index (χ3n) is 1.58. The minimum Gasteiger partial charge on any atom is -0.330 e. The molecule has 1 aromatic carbocycles. The maximum Gasteiger partial charge on any atom is 0.0440 e. The van der Waals surface area contributed by atoms with E-state index in [4.69, 9.17) is 0 Å². The Morgan fingerprint density at radius 3 is 2.08 bits per heavy atom. The van der Waals surface area contributed by atoms with Gasteiger partial charge in [-0.15, -0.1) is 0 Å². The first-order valence-electron chi connectivity index (χ1n) is 4.74. The number of rotatable bonds is 3. The molecule has 13 heavy (non-hydrogen) atoms. The average Bonchev–Trinajstić information content (AvgIpc) is 2.23. The maximum absolute atomic E-state index is 3.18. The fraction of sp³-hybridized carbons (Fsp3) is 0.455. The monoisotopic (exact) mass is 197 g/mol. The lowest BCUT2D eigenvalue weighted by molar-refractivity contribution is 1.14. The van der Waals surface area contributed by atoms with E-state index in [0.717, 1.165) is 6.42 Å². The fourth-order valence-corrected chi connectivity index (χ4v) is 1.30. The number of anilines is 1. The molecule has 0 amide bonds. The molecule has 0 saturated carbocycles. The molecule has 0 aliphatic heterocycles. The Balaban J connectivity index is 0.000000671. The molecule has 0 heterocycles. The summed E-state index contributed by atoms with van der Waals surface area (Å²) in [7, 11) is 0. The van der Waals surface area contributed by atoms with Crippen molar-refractivity contribution in [3.8, 4) is 0 Å². The van der Waals surface area contributed by atoms with E-state index in [1.54, 1.807) is 11.9 Å². The Morgan fingerprint density at radius 1 is 1.15 bits per heavy atom. The molecular formula is C11H19NS. The molecule has 0 atom stereocenters. The van der Waals surface area contributed by atoms with Crippen molar-refractivity contribution in [3.05, 3.63) is 29.8 Å². The highest BCUT2D eigenvalue weighted by Crippen LogP contribution is 2.12. The largest absolute Gasteiger partial charge is 0.330 e. The lowest BCUT2D eigenvalue weighted by Gasteiger charge is -2.01. The van der Waals surface area contributed by atoms with E-state index in [0.29, 0.717) is 0 Å². The summed E-state index contributed by atoms with van der Waals surface area (Å²) < 4.78 is 3.18. The van der Waals surface area contributed by atoms with Gasteiger partial charge in [-0.1, -0.05) is 44.9 Å². The standard InChI is InChI=1S/C9H13NS.C2H6/c1-3-8-4-6-9(7-5-8)10-11-2;1-2/h4-7,10H,3H2,1-2H3;1-2H3. The summed E-state index contributed by atoms with van der Waals surface area (Å²) in [5.41, 5.74) is 2.56. The van der Waals surface area contributed by atoms with Crippen LogP contribution in [0.2, 0.25) is 0 Å². The molecule has 1 aromatic rings. The molecule has 0 unspecified atom stereocenters. The van der Waals surface area contributed by atoms with Crippen LogP contribution >= 0.6 is 11.9 Å². The summed E-state index contributed by atoms with van der Waals surface area (Å²) in [5.74, 6) is 0. The first kappa shape index (κ1) is 12.4. The van der Waals surface area contributed by atoms with Crippen molar-refractivity contribution in [2.45, 2.75) is 27.2 Å². The smallest absolute Gasteiger partial charge is 0.0440 e. The summed E-state index contributed by atoms with van der Waals surface area (Å²) in [6.07, 6.45) is 3.13. The van der Waals surface area contributed by atoms with Crippen molar-refractivity contribution >= 4 is 17.6 Å². The van der Waals surface area contributed by atoms with Gasteiger partial charge in [-0.05, 0) is 24.1 Å². The number of aryl methyl sites for hydroxylation is 1. The Labute approximate surface area is 86.1 Å². The quantitative estimate of drug-likeness (QED) is 0.736. The molecule has 1 N–H and O–H groups in total. The number of hydrogen-bond donors (Lipinski definition) is 1. The van der Waals surface area contributed by atoms with Crippen molar-refractivity contribution in [2.24, 2.45) is 0 Å². The lowest BCUT2D eigenvalue weighted by Crippen LogP contribution is -1.85. The molecular weight excluding hydrogens is 178 g/mol. The number of benzene rings is 1. The molecule has 0 aromatic heterocycles. The molecule has 0 bridgehead atoms. The SMILES string of the molecule is CC.CCc1ccc(NSC)cc1. The van der Waals surface area contributed by atoms with Gasteiger partial charge in [0.05, 0.1) is 0 Å². The second-order valence-corrected chi connectivity index (χ2v) is 2.97. The summed E-state index contributed by atoms with van der Waals surface area (Å²) in [5, 5.41) is 0. The highest BCUT2D eigenvalue weighted by atomic mass is 32.2. The summed E-state index contributed by atoms with van der Waals surface area (Å²) in [6.45, 7) is 6.16. The van der Waals surface area contributed by atoms with E-state index in [1.807, 2.05) is 20.1 Å². The van der Waals surface area contributed by atoms with Crippen molar-refractivity contribution in [2.75, 3.05) is 11.0 Å². The van der Waals surface area contributed by atoms with Gasteiger partial charge in [0.1, 0.15) is 0 Å². The molecule has 0 aliphatic rings. The van der Waals surface area contributed by atoms with E-state index in [2.05, 4.69) is 35.9 Å². The van der Waals surface area contributed by atoms with Crippen LogP contribution in [-0.4, -0.2) is 6.26 Å². The number of nitrogens with one attached hydrogen (secondary N) is 1. The van der Waals surface area contributed by atoms with Crippen LogP contribution in [0.3, 0.4) is 0 Å². The molecule has 1 rings (SSSR count). The molecule has 0 aliphatic carbocycles. The molecule has 0 spiro atoms. The lowest BCUT2D eigenvalue weighted by atomic mass is 10.2. The highest BCUT2D eigenvalue weighted by Gasteiger charge is 1.89. The van der Waals surface area contributed by atoms with Crippen molar-refractivity contribution in [1.29, 1.82) is 0 Å². The third-order valence-corrected chi connectivity index (χ3v) is 2.02. The first-order valence-corrected chi connectivity index (χ1v) is 5.97. The van der Waals surface area contributed by atoms with Crippen LogP contribution in [0.15, 0.2) is 24.3 Å². The summed E-state index contributed by atoms with van der Waals surface area (Å²) in [4.78, 5) is 0. The van der Waals surface area contributed by atoms with E-state index >= 15 is 0 Å². The van der Waals surface area contributed by atoms with E-state index in [1.165, 1.54) is 11.3 Å². The predicted octanol–water partition coefficient (Wildman–Crippen LogP) is 3.97. The van der Waals surface area contributed by atoms with Crippen LogP contribution in [0.25, 0.3) is 0 Å². The van der Waals surface area contributed by atoms with Crippen LogP contribution in [0, 0.1) is 0 Å². The van der Waals surface area contributed by atoms with Gasteiger partial charge in [0.15, 0.2) is 0 Å².